The maximum absolute atomic E-state index is 5.93. The largest absolute Gasteiger partial charge is 0.329 e. The molecule has 2 rings (SSSR count). The number of likely N-dealkylation sites (tertiary alicyclic amines) is 1. The average molecular weight is 302 g/mol. The lowest BCUT2D eigenvalue weighted by molar-refractivity contribution is 0.0977. The van der Waals surface area contributed by atoms with Crippen molar-refractivity contribution in [3.05, 3.63) is 11.9 Å². The highest BCUT2D eigenvalue weighted by molar-refractivity contribution is 5.85. The van der Waals surface area contributed by atoms with Crippen molar-refractivity contribution in [2.75, 3.05) is 13.1 Å². The van der Waals surface area contributed by atoms with E-state index in [0.29, 0.717) is 12.0 Å². The summed E-state index contributed by atoms with van der Waals surface area (Å²) >= 11 is 0. The number of rotatable bonds is 3. The molecule has 2 heterocycles. The zero-order valence-electron chi connectivity index (χ0n) is 13.0. The van der Waals surface area contributed by atoms with Gasteiger partial charge in [0.05, 0.1) is 17.4 Å². The van der Waals surface area contributed by atoms with E-state index in [4.69, 9.17) is 5.73 Å². The van der Waals surface area contributed by atoms with Crippen molar-refractivity contribution in [2.45, 2.75) is 58.7 Å². The van der Waals surface area contributed by atoms with Crippen LogP contribution in [0.5, 0.6) is 0 Å². The lowest BCUT2D eigenvalue weighted by Crippen LogP contribution is -2.48. The molecule has 2 N–H and O–H groups in total. The van der Waals surface area contributed by atoms with Crippen molar-refractivity contribution in [1.82, 2.24) is 19.9 Å². The molecule has 2 unspecified atom stereocenters. The monoisotopic (exact) mass is 301 g/mol. The first-order chi connectivity index (χ1) is 8.91. The fraction of sp³-hybridized carbons (Fsp3) is 0.857. The Labute approximate surface area is 128 Å². The smallest absolute Gasteiger partial charge is 0.0967 e. The quantitative estimate of drug-likeness (QED) is 0.928. The summed E-state index contributed by atoms with van der Waals surface area (Å²) in [5, 5.41) is 8.53. The zero-order chi connectivity index (χ0) is 14.0. The molecule has 2 atom stereocenters. The predicted molar refractivity (Wildman–Crippen MR) is 83.9 cm³/mol. The summed E-state index contributed by atoms with van der Waals surface area (Å²) in [4.78, 5) is 2.46. The SMILES string of the molecule is CC1CCCN(Cc2cn(C(C)(C)C)nn2)C1CN.Cl. The molecule has 1 fully saturated rings. The highest BCUT2D eigenvalue weighted by Gasteiger charge is 2.28. The first-order valence-electron chi connectivity index (χ1n) is 7.27. The summed E-state index contributed by atoms with van der Waals surface area (Å²) in [7, 11) is 0. The third-order valence-corrected chi connectivity index (χ3v) is 4.07. The lowest BCUT2D eigenvalue weighted by Gasteiger charge is -2.38. The van der Waals surface area contributed by atoms with Gasteiger partial charge in [0.15, 0.2) is 0 Å². The van der Waals surface area contributed by atoms with Crippen LogP contribution >= 0.6 is 12.4 Å². The number of aromatic nitrogens is 3. The predicted octanol–water partition coefficient (Wildman–Crippen LogP) is 2.01. The van der Waals surface area contributed by atoms with E-state index in [9.17, 15) is 0 Å². The van der Waals surface area contributed by atoms with Crippen molar-refractivity contribution in [1.29, 1.82) is 0 Å². The van der Waals surface area contributed by atoms with E-state index in [-0.39, 0.29) is 17.9 Å². The molecule has 1 aliphatic heterocycles. The van der Waals surface area contributed by atoms with Gasteiger partial charge in [0.1, 0.15) is 0 Å². The van der Waals surface area contributed by atoms with Crippen molar-refractivity contribution >= 4 is 12.4 Å². The number of hydrogen-bond acceptors (Lipinski definition) is 4. The molecule has 0 spiro atoms. The Morgan fingerprint density at radius 2 is 2.10 bits per heavy atom. The van der Waals surface area contributed by atoms with Gasteiger partial charge in [-0.15, -0.1) is 17.5 Å². The second-order valence-corrected chi connectivity index (χ2v) is 6.72. The standard InChI is InChI=1S/C14H27N5.ClH/c1-11-6-5-7-18(13(11)8-15)9-12-10-19(17-16-12)14(2,3)4;/h10-11,13H,5-9,15H2,1-4H3;1H. The van der Waals surface area contributed by atoms with Crippen LogP contribution in [-0.4, -0.2) is 39.0 Å². The molecular weight excluding hydrogens is 274 g/mol. The molecule has 0 saturated carbocycles. The third kappa shape index (κ3) is 3.93. The van der Waals surface area contributed by atoms with Crippen LogP contribution in [0.1, 0.15) is 46.2 Å². The van der Waals surface area contributed by atoms with E-state index < -0.39 is 0 Å². The van der Waals surface area contributed by atoms with Crippen LogP contribution in [0.3, 0.4) is 0 Å². The van der Waals surface area contributed by atoms with Crippen molar-refractivity contribution in [3.63, 3.8) is 0 Å². The lowest BCUT2D eigenvalue weighted by atomic mass is 9.91. The Kier molecular flexibility index (Phi) is 5.98. The van der Waals surface area contributed by atoms with Gasteiger partial charge in [0, 0.05) is 19.1 Å². The van der Waals surface area contributed by atoms with Crippen molar-refractivity contribution in [2.24, 2.45) is 11.7 Å². The number of piperidine rings is 1. The molecule has 5 nitrogen and oxygen atoms in total. The number of nitrogens with two attached hydrogens (primary N) is 1. The Morgan fingerprint density at radius 3 is 2.65 bits per heavy atom. The molecule has 0 radical (unpaired) electrons. The summed E-state index contributed by atoms with van der Waals surface area (Å²) in [6, 6.07) is 0.480. The van der Waals surface area contributed by atoms with E-state index in [2.05, 4.69) is 49.1 Å². The van der Waals surface area contributed by atoms with Crippen molar-refractivity contribution in [3.8, 4) is 0 Å². The van der Waals surface area contributed by atoms with Gasteiger partial charge < -0.3 is 5.73 Å². The second-order valence-electron chi connectivity index (χ2n) is 6.72. The molecule has 0 aliphatic carbocycles. The molecule has 0 amide bonds. The van der Waals surface area contributed by atoms with E-state index in [1.165, 1.54) is 12.8 Å². The Morgan fingerprint density at radius 1 is 1.40 bits per heavy atom. The second kappa shape index (κ2) is 6.87. The van der Waals surface area contributed by atoms with Crippen LogP contribution in [-0.2, 0) is 12.1 Å². The number of nitrogens with zero attached hydrogens (tertiary/aromatic N) is 4. The topological polar surface area (TPSA) is 60.0 Å². The maximum Gasteiger partial charge on any atom is 0.0967 e. The van der Waals surface area contributed by atoms with E-state index in [1.807, 2.05) is 4.68 Å². The van der Waals surface area contributed by atoms with Crippen LogP contribution in [0, 0.1) is 5.92 Å². The first kappa shape index (κ1) is 17.4. The van der Waals surface area contributed by atoms with Crippen LogP contribution in [0.25, 0.3) is 0 Å². The van der Waals surface area contributed by atoms with Crippen molar-refractivity contribution < 1.29 is 0 Å². The van der Waals surface area contributed by atoms with E-state index >= 15 is 0 Å². The van der Waals surface area contributed by atoms with Gasteiger partial charge in [0.25, 0.3) is 0 Å². The van der Waals surface area contributed by atoms with Crippen LogP contribution in [0.15, 0.2) is 6.20 Å². The minimum Gasteiger partial charge on any atom is -0.329 e. The van der Waals surface area contributed by atoms with Gasteiger partial charge in [0.2, 0.25) is 0 Å². The molecule has 0 bridgehead atoms. The molecule has 6 heteroatoms. The normalized spacial score (nSPS) is 24.4. The summed E-state index contributed by atoms with van der Waals surface area (Å²) in [6.45, 7) is 11.4. The minimum atomic E-state index is -0.00624. The van der Waals surface area contributed by atoms with Crippen LogP contribution in [0.4, 0.5) is 0 Å². The molecule has 1 aliphatic rings. The fourth-order valence-corrected chi connectivity index (χ4v) is 2.82. The highest BCUT2D eigenvalue weighted by atomic mass is 35.5. The third-order valence-electron chi connectivity index (χ3n) is 4.07. The average Bonchev–Trinajstić information content (AvgIpc) is 2.77. The molecule has 116 valence electrons. The molecule has 20 heavy (non-hydrogen) atoms. The number of halogens is 1. The molecular formula is C14H28ClN5. The van der Waals surface area contributed by atoms with Gasteiger partial charge in [-0.2, -0.15) is 0 Å². The Hall–Kier alpha value is -0.650. The molecule has 1 aromatic rings. The summed E-state index contributed by atoms with van der Waals surface area (Å²) in [5.41, 5.74) is 6.97. The highest BCUT2D eigenvalue weighted by Crippen LogP contribution is 2.24. The van der Waals surface area contributed by atoms with Gasteiger partial charge in [-0.05, 0) is 46.1 Å². The molecule has 1 aromatic heterocycles. The van der Waals surface area contributed by atoms with Gasteiger partial charge in [-0.25, -0.2) is 4.68 Å². The summed E-state index contributed by atoms with van der Waals surface area (Å²) in [6.07, 6.45) is 4.60. The summed E-state index contributed by atoms with van der Waals surface area (Å²) < 4.78 is 1.94. The van der Waals surface area contributed by atoms with Gasteiger partial charge in [-0.1, -0.05) is 12.1 Å². The fourth-order valence-electron chi connectivity index (χ4n) is 2.82. The first-order valence-corrected chi connectivity index (χ1v) is 7.27. The maximum atomic E-state index is 5.93. The van der Waals surface area contributed by atoms with E-state index in [1.54, 1.807) is 0 Å². The van der Waals surface area contributed by atoms with E-state index in [0.717, 1.165) is 25.3 Å². The van der Waals surface area contributed by atoms with Gasteiger partial charge >= 0.3 is 0 Å². The number of hydrogen-bond donors (Lipinski definition) is 1. The Bertz CT molecular complexity index is 412. The Balaban J connectivity index is 0.00000200. The van der Waals surface area contributed by atoms with Crippen LogP contribution in [0.2, 0.25) is 0 Å². The molecule has 0 aromatic carbocycles. The molecule has 1 saturated heterocycles. The minimum absolute atomic E-state index is 0. The van der Waals surface area contributed by atoms with Gasteiger partial charge in [-0.3, -0.25) is 4.90 Å². The zero-order valence-corrected chi connectivity index (χ0v) is 13.9. The van der Waals surface area contributed by atoms with Crippen LogP contribution < -0.4 is 5.73 Å². The summed E-state index contributed by atoms with van der Waals surface area (Å²) in [5.74, 6) is 0.677.